The first kappa shape index (κ1) is 18.1. The van der Waals surface area contributed by atoms with Crippen molar-refractivity contribution in [2.45, 2.75) is 19.0 Å². The minimum absolute atomic E-state index is 0.125. The summed E-state index contributed by atoms with van der Waals surface area (Å²) in [4.78, 5) is 30.5. The summed E-state index contributed by atoms with van der Waals surface area (Å²) >= 11 is 1.60. The lowest BCUT2D eigenvalue weighted by Gasteiger charge is -2.18. The zero-order chi connectivity index (χ0) is 19.5. The Kier molecular flexibility index (Phi) is 5.03. The molecule has 0 saturated heterocycles. The third-order valence-corrected chi connectivity index (χ3v) is 5.50. The lowest BCUT2D eigenvalue weighted by molar-refractivity contribution is -0.121. The standard InChI is InChI=1S/C20H19N5O2S/c1-24-19-15(12-22-24)20(27)25(13-21-19)10-9-17(26)23-18(16-8-5-11-28-16)14-6-3-2-4-7-14/h2-8,11-13,18H,9-10H2,1H3,(H,23,26)/t18-/m1/s1. The van der Waals surface area contributed by atoms with Crippen molar-refractivity contribution in [3.63, 3.8) is 0 Å². The number of aryl methyl sites for hydroxylation is 2. The Balaban J connectivity index is 1.49. The molecule has 1 amide bonds. The van der Waals surface area contributed by atoms with Gasteiger partial charge in [-0.1, -0.05) is 36.4 Å². The molecule has 0 aliphatic rings. The van der Waals surface area contributed by atoms with Crippen LogP contribution in [0.25, 0.3) is 11.0 Å². The molecule has 4 rings (SSSR count). The number of nitrogens with one attached hydrogen (secondary N) is 1. The average molecular weight is 393 g/mol. The molecule has 0 saturated carbocycles. The second kappa shape index (κ2) is 7.77. The molecule has 0 fully saturated rings. The van der Waals surface area contributed by atoms with E-state index in [1.807, 2.05) is 47.8 Å². The van der Waals surface area contributed by atoms with Crippen LogP contribution < -0.4 is 10.9 Å². The van der Waals surface area contributed by atoms with Crippen molar-refractivity contribution in [3.05, 3.63) is 81.2 Å². The maximum atomic E-state index is 12.6. The van der Waals surface area contributed by atoms with Crippen molar-refractivity contribution in [1.29, 1.82) is 0 Å². The largest absolute Gasteiger partial charge is 0.344 e. The lowest BCUT2D eigenvalue weighted by Crippen LogP contribution is -2.31. The van der Waals surface area contributed by atoms with E-state index in [9.17, 15) is 9.59 Å². The number of hydrogen-bond donors (Lipinski definition) is 1. The molecule has 0 bridgehead atoms. The molecule has 3 aromatic heterocycles. The molecule has 142 valence electrons. The second-order valence-electron chi connectivity index (χ2n) is 6.43. The summed E-state index contributed by atoms with van der Waals surface area (Å²) in [5.41, 5.74) is 1.37. The van der Waals surface area contributed by atoms with Crippen molar-refractivity contribution in [3.8, 4) is 0 Å². The van der Waals surface area contributed by atoms with Crippen LogP contribution in [0, 0.1) is 0 Å². The van der Waals surface area contributed by atoms with Gasteiger partial charge >= 0.3 is 0 Å². The number of benzene rings is 1. The minimum atomic E-state index is -0.204. The van der Waals surface area contributed by atoms with E-state index in [1.54, 1.807) is 23.1 Å². The summed E-state index contributed by atoms with van der Waals surface area (Å²) < 4.78 is 3.01. The van der Waals surface area contributed by atoms with E-state index in [1.165, 1.54) is 17.1 Å². The summed E-state index contributed by atoms with van der Waals surface area (Å²) in [7, 11) is 1.74. The van der Waals surface area contributed by atoms with Crippen molar-refractivity contribution in [2.75, 3.05) is 0 Å². The normalized spacial score (nSPS) is 12.2. The first-order chi connectivity index (χ1) is 13.6. The molecule has 1 atom stereocenters. The highest BCUT2D eigenvalue weighted by atomic mass is 32.1. The fraction of sp³-hybridized carbons (Fsp3) is 0.200. The molecule has 8 heteroatoms. The van der Waals surface area contributed by atoms with Crippen LogP contribution in [0.4, 0.5) is 0 Å². The quantitative estimate of drug-likeness (QED) is 0.546. The number of carbonyl (C=O) groups is 1. The van der Waals surface area contributed by atoms with Gasteiger partial charge in [0, 0.05) is 24.9 Å². The van der Waals surface area contributed by atoms with Gasteiger partial charge in [0.15, 0.2) is 5.65 Å². The van der Waals surface area contributed by atoms with Crippen molar-refractivity contribution in [1.82, 2.24) is 24.6 Å². The van der Waals surface area contributed by atoms with Gasteiger partial charge in [-0.3, -0.25) is 18.8 Å². The highest BCUT2D eigenvalue weighted by Crippen LogP contribution is 2.26. The van der Waals surface area contributed by atoms with E-state index in [2.05, 4.69) is 15.4 Å². The third-order valence-electron chi connectivity index (χ3n) is 4.56. The van der Waals surface area contributed by atoms with Crippen LogP contribution in [0.5, 0.6) is 0 Å². The van der Waals surface area contributed by atoms with Gasteiger partial charge in [-0.2, -0.15) is 5.10 Å². The van der Waals surface area contributed by atoms with Crippen LogP contribution in [-0.4, -0.2) is 25.2 Å². The molecule has 3 heterocycles. The zero-order valence-electron chi connectivity index (χ0n) is 15.3. The summed E-state index contributed by atoms with van der Waals surface area (Å²) in [6, 6.07) is 13.6. The summed E-state index contributed by atoms with van der Waals surface area (Å²) in [5, 5.41) is 9.58. The summed E-state index contributed by atoms with van der Waals surface area (Å²) in [6.45, 7) is 0.258. The van der Waals surface area contributed by atoms with E-state index in [-0.39, 0.29) is 30.5 Å². The van der Waals surface area contributed by atoms with Crippen molar-refractivity contribution < 1.29 is 4.79 Å². The Morgan fingerprint density at radius 2 is 2.04 bits per heavy atom. The number of carbonyl (C=O) groups excluding carboxylic acids is 1. The first-order valence-corrected chi connectivity index (χ1v) is 9.76. The number of hydrogen-bond acceptors (Lipinski definition) is 5. The lowest BCUT2D eigenvalue weighted by atomic mass is 10.1. The van der Waals surface area contributed by atoms with E-state index in [0.29, 0.717) is 11.0 Å². The highest BCUT2D eigenvalue weighted by Gasteiger charge is 2.18. The Labute approximate surface area is 165 Å². The highest BCUT2D eigenvalue weighted by molar-refractivity contribution is 7.10. The van der Waals surface area contributed by atoms with E-state index < -0.39 is 0 Å². The van der Waals surface area contributed by atoms with E-state index in [0.717, 1.165) is 10.4 Å². The van der Waals surface area contributed by atoms with Crippen LogP contribution in [-0.2, 0) is 18.4 Å². The number of nitrogens with zero attached hydrogens (tertiary/aromatic N) is 4. The molecule has 0 aliphatic carbocycles. The van der Waals surface area contributed by atoms with Gasteiger partial charge in [0.1, 0.15) is 5.39 Å². The Morgan fingerprint density at radius 1 is 1.21 bits per heavy atom. The van der Waals surface area contributed by atoms with Crippen LogP contribution in [0.3, 0.4) is 0 Å². The predicted octanol–water partition coefficient (Wildman–Crippen LogP) is 2.49. The molecule has 1 aromatic carbocycles. The van der Waals surface area contributed by atoms with Crippen LogP contribution in [0.1, 0.15) is 22.9 Å². The van der Waals surface area contributed by atoms with E-state index >= 15 is 0 Å². The van der Waals surface area contributed by atoms with Gasteiger partial charge < -0.3 is 5.32 Å². The molecule has 1 N–H and O–H groups in total. The fourth-order valence-electron chi connectivity index (χ4n) is 3.10. The monoisotopic (exact) mass is 393 g/mol. The second-order valence-corrected chi connectivity index (χ2v) is 7.40. The van der Waals surface area contributed by atoms with E-state index in [4.69, 9.17) is 0 Å². The zero-order valence-corrected chi connectivity index (χ0v) is 16.1. The van der Waals surface area contributed by atoms with Crippen molar-refractivity contribution >= 4 is 28.3 Å². The molecule has 0 spiro atoms. The topological polar surface area (TPSA) is 81.8 Å². The number of fused-ring (bicyclic) bond motifs is 1. The van der Waals surface area contributed by atoms with Gasteiger partial charge in [-0.05, 0) is 17.0 Å². The molecule has 4 aromatic rings. The maximum Gasteiger partial charge on any atom is 0.264 e. The number of thiophene rings is 1. The Bertz CT molecular complexity index is 1150. The van der Waals surface area contributed by atoms with Gasteiger partial charge in [0.2, 0.25) is 5.91 Å². The van der Waals surface area contributed by atoms with Gasteiger partial charge in [0.05, 0.1) is 18.6 Å². The van der Waals surface area contributed by atoms with Gasteiger partial charge in [-0.15, -0.1) is 11.3 Å². The summed E-state index contributed by atoms with van der Waals surface area (Å²) in [6.07, 6.45) is 3.15. The summed E-state index contributed by atoms with van der Waals surface area (Å²) in [5.74, 6) is -0.125. The first-order valence-electron chi connectivity index (χ1n) is 8.88. The van der Waals surface area contributed by atoms with Crippen molar-refractivity contribution in [2.24, 2.45) is 7.05 Å². The van der Waals surface area contributed by atoms with Gasteiger partial charge in [-0.25, -0.2) is 4.98 Å². The molecule has 28 heavy (non-hydrogen) atoms. The Hall–Kier alpha value is -3.26. The number of rotatable bonds is 6. The number of amides is 1. The molecular weight excluding hydrogens is 374 g/mol. The van der Waals surface area contributed by atoms with Crippen LogP contribution >= 0.6 is 11.3 Å². The van der Waals surface area contributed by atoms with Gasteiger partial charge in [0.25, 0.3) is 5.56 Å². The third kappa shape index (κ3) is 3.59. The molecule has 7 nitrogen and oxygen atoms in total. The average Bonchev–Trinajstić information content (AvgIpc) is 3.37. The van der Waals surface area contributed by atoms with Crippen LogP contribution in [0.15, 0.2) is 65.2 Å². The molecule has 0 aliphatic heterocycles. The van der Waals surface area contributed by atoms with Crippen LogP contribution in [0.2, 0.25) is 0 Å². The minimum Gasteiger partial charge on any atom is -0.344 e. The Morgan fingerprint density at radius 3 is 2.79 bits per heavy atom. The smallest absolute Gasteiger partial charge is 0.264 e. The number of aromatic nitrogens is 4. The molecule has 0 unspecified atom stereocenters. The predicted molar refractivity (Wildman–Crippen MR) is 108 cm³/mol. The molecular formula is C20H19N5O2S. The maximum absolute atomic E-state index is 12.6. The fourth-order valence-corrected chi connectivity index (χ4v) is 3.90. The SMILES string of the molecule is Cn1ncc2c(=O)n(CCC(=O)N[C@H](c3ccccc3)c3cccs3)cnc21. The molecule has 0 radical (unpaired) electrons.